The lowest BCUT2D eigenvalue weighted by Crippen LogP contribution is -2.36. The van der Waals surface area contributed by atoms with Crippen LogP contribution in [0.5, 0.6) is 5.75 Å². The molecule has 190 valence electrons. The lowest BCUT2D eigenvalue weighted by molar-refractivity contribution is -0.137. The zero-order chi connectivity index (χ0) is 26.2. The molecule has 0 radical (unpaired) electrons. The summed E-state index contributed by atoms with van der Waals surface area (Å²) >= 11 is 0. The van der Waals surface area contributed by atoms with Gasteiger partial charge in [-0.15, -0.1) is 0 Å². The molecule has 0 saturated carbocycles. The molecule has 7 heteroatoms. The zero-order valence-electron chi connectivity index (χ0n) is 20.8. The third-order valence-electron chi connectivity index (χ3n) is 6.78. The summed E-state index contributed by atoms with van der Waals surface area (Å²) in [6.07, 6.45) is 1.46. The Morgan fingerprint density at radius 2 is 1.70 bits per heavy atom. The molecule has 1 aliphatic rings. The van der Waals surface area contributed by atoms with Crippen LogP contribution in [-0.2, 0) is 27.8 Å². The normalized spacial score (nSPS) is 14.8. The minimum absolute atomic E-state index is 0.0505. The molecule has 1 heterocycles. The smallest absolute Gasteiger partial charge is 0.318 e. The molecule has 0 aliphatic carbocycles. The molecule has 37 heavy (non-hydrogen) atoms. The predicted octanol–water partition coefficient (Wildman–Crippen LogP) is 5.89. The van der Waals surface area contributed by atoms with Gasteiger partial charge >= 0.3 is 5.97 Å². The van der Waals surface area contributed by atoms with Crippen LogP contribution >= 0.6 is 0 Å². The number of rotatable bonds is 7. The Morgan fingerprint density at radius 3 is 2.46 bits per heavy atom. The zero-order valence-corrected chi connectivity index (χ0v) is 21.7. The van der Waals surface area contributed by atoms with Gasteiger partial charge < -0.3 is 9.84 Å². The van der Waals surface area contributed by atoms with Crippen molar-refractivity contribution in [2.75, 3.05) is 6.54 Å². The molecule has 0 spiro atoms. The maximum absolute atomic E-state index is 13.5. The van der Waals surface area contributed by atoms with Gasteiger partial charge in [-0.1, -0.05) is 66.7 Å². The number of carboxylic acid groups (broad SMARTS) is 1. The predicted molar refractivity (Wildman–Crippen MR) is 144 cm³/mol. The van der Waals surface area contributed by atoms with Crippen LogP contribution in [0.3, 0.4) is 0 Å². The highest BCUT2D eigenvalue weighted by atomic mass is 32.2. The number of carboxylic acids is 1. The number of hydrogen-bond donors (Lipinski definition) is 1. The van der Waals surface area contributed by atoms with E-state index in [0.29, 0.717) is 17.7 Å². The van der Waals surface area contributed by atoms with Crippen LogP contribution < -0.4 is 4.74 Å². The highest BCUT2D eigenvalue weighted by Crippen LogP contribution is 2.35. The van der Waals surface area contributed by atoms with E-state index in [1.54, 1.807) is 12.1 Å². The highest BCUT2D eigenvalue weighted by Gasteiger charge is 2.31. The van der Waals surface area contributed by atoms with Crippen molar-refractivity contribution in [3.05, 3.63) is 96.1 Å². The summed E-state index contributed by atoms with van der Waals surface area (Å²) in [5.41, 5.74) is 3.30. The maximum atomic E-state index is 13.5. The van der Waals surface area contributed by atoms with E-state index in [2.05, 4.69) is 24.3 Å². The summed E-state index contributed by atoms with van der Waals surface area (Å²) in [5, 5.41) is 11.8. The molecule has 0 fully saturated rings. The molecule has 0 aromatic heterocycles. The fourth-order valence-corrected chi connectivity index (χ4v) is 6.22. The van der Waals surface area contributed by atoms with Gasteiger partial charge in [-0.25, -0.2) is 8.42 Å². The van der Waals surface area contributed by atoms with E-state index in [1.165, 1.54) is 6.07 Å². The standard InChI is InChI=1S/C30H29NO5S/c1-30(2)17-16-24-18-25(14-15-28(24)36-30)37(34,35)31(20-29(32)33)19-21-10-12-23(13-11-21)27-9-5-7-22-6-3-4-8-26(22)27/h3-15,18H,16-17,19-20H2,1-2H3,(H,32,33). The van der Waals surface area contributed by atoms with Crippen molar-refractivity contribution in [1.29, 1.82) is 0 Å². The van der Waals surface area contributed by atoms with Gasteiger partial charge in [-0.2, -0.15) is 4.31 Å². The van der Waals surface area contributed by atoms with Crippen molar-refractivity contribution in [3.63, 3.8) is 0 Å². The van der Waals surface area contributed by atoms with Gasteiger partial charge in [0.2, 0.25) is 10.0 Å². The van der Waals surface area contributed by atoms with E-state index >= 15 is 0 Å². The first kappa shape index (κ1) is 25.0. The number of hydrogen-bond acceptors (Lipinski definition) is 4. The largest absolute Gasteiger partial charge is 0.488 e. The average Bonchev–Trinajstić information content (AvgIpc) is 2.87. The van der Waals surface area contributed by atoms with E-state index in [9.17, 15) is 18.3 Å². The van der Waals surface area contributed by atoms with Gasteiger partial charge in [0.15, 0.2) is 0 Å². The Kier molecular flexibility index (Phi) is 6.52. The summed E-state index contributed by atoms with van der Waals surface area (Å²) in [4.78, 5) is 11.7. The van der Waals surface area contributed by atoms with Crippen molar-refractivity contribution in [2.45, 2.75) is 43.7 Å². The van der Waals surface area contributed by atoms with E-state index in [-0.39, 0.29) is 17.0 Å². The van der Waals surface area contributed by atoms with Gasteiger partial charge in [-0.05, 0) is 77.9 Å². The Morgan fingerprint density at radius 1 is 0.973 bits per heavy atom. The minimum Gasteiger partial charge on any atom is -0.488 e. The van der Waals surface area contributed by atoms with Gasteiger partial charge in [0.25, 0.3) is 0 Å². The van der Waals surface area contributed by atoms with Gasteiger partial charge in [-0.3, -0.25) is 4.79 Å². The van der Waals surface area contributed by atoms with Crippen molar-refractivity contribution in [1.82, 2.24) is 4.31 Å². The number of carbonyl (C=O) groups is 1. The second-order valence-electron chi connectivity index (χ2n) is 10.0. The van der Waals surface area contributed by atoms with Crippen LogP contribution in [0.15, 0.2) is 89.8 Å². The first-order valence-corrected chi connectivity index (χ1v) is 13.7. The van der Waals surface area contributed by atoms with Crippen molar-refractivity contribution >= 4 is 26.8 Å². The Balaban J connectivity index is 1.42. The van der Waals surface area contributed by atoms with Crippen molar-refractivity contribution in [3.8, 4) is 16.9 Å². The molecule has 0 atom stereocenters. The van der Waals surface area contributed by atoms with Gasteiger partial charge in [0.05, 0.1) is 4.90 Å². The molecule has 1 aliphatic heterocycles. The molecule has 5 rings (SSSR count). The van der Waals surface area contributed by atoms with Crippen LogP contribution in [0.2, 0.25) is 0 Å². The number of aliphatic carboxylic acids is 1. The maximum Gasteiger partial charge on any atom is 0.318 e. The Hall–Kier alpha value is -3.68. The average molecular weight is 516 g/mol. The summed E-state index contributed by atoms with van der Waals surface area (Å²) in [7, 11) is -4.05. The van der Waals surface area contributed by atoms with E-state index in [0.717, 1.165) is 38.2 Å². The molecule has 0 saturated heterocycles. The van der Waals surface area contributed by atoms with Crippen molar-refractivity contribution in [2.24, 2.45) is 0 Å². The first-order chi connectivity index (χ1) is 17.6. The lowest BCUT2D eigenvalue weighted by atomic mass is 9.94. The quantitative estimate of drug-likeness (QED) is 0.332. The number of nitrogens with zero attached hydrogens (tertiary/aromatic N) is 1. The summed E-state index contributed by atoms with van der Waals surface area (Å²) < 4.78 is 34.1. The molecule has 0 bridgehead atoms. The van der Waals surface area contributed by atoms with E-state index < -0.39 is 22.5 Å². The number of aryl methyl sites for hydroxylation is 1. The monoisotopic (exact) mass is 515 g/mol. The molecule has 4 aromatic carbocycles. The number of ether oxygens (including phenoxy) is 1. The molecule has 0 unspecified atom stereocenters. The molecule has 0 amide bonds. The lowest BCUT2D eigenvalue weighted by Gasteiger charge is -2.33. The van der Waals surface area contributed by atoms with Gasteiger partial charge in [0, 0.05) is 6.54 Å². The molecule has 1 N–H and O–H groups in total. The summed E-state index contributed by atoms with van der Waals surface area (Å²) in [6.45, 7) is 3.32. The molecular weight excluding hydrogens is 486 g/mol. The van der Waals surface area contributed by atoms with Crippen LogP contribution in [0, 0.1) is 0 Å². The third kappa shape index (κ3) is 5.24. The van der Waals surface area contributed by atoms with Crippen LogP contribution in [-0.4, -0.2) is 35.9 Å². The molecule has 6 nitrogen and oxygen atoms in total. The van der Waals surface area contributed by atoms with Crippen LogP contribution in [0.4, 0.5) is 0 Å². The first-order valence-electron chi connectivity index (χ1n) is 12.2. The number of sulfonamides is 1. The Labute approximate surface area is 217 Å². The minimum atomic E-state index is -4.05. The fraction of sp³-hybridized carbons (Fsp3) is 0.233. The molecular formula is C30H29NO5S. The second-order valence-corrected chi connectivity index (χ2v) is 12.0. The van der Waals surface area contributed by atoms with Crippen molar-refractivity contribution < 1.29 is 23.1 Å². The third-order valence-corrected chi connectivity index (χ3v) is 8.57. The highest BCUT2D eigenvalue weighted by molar-refractivity contribution is 7.89. The topological polar surface area (TPSA) is 83.9 Å². The van der Waals surface area contributed by atoms with E-state index in [4.69, 9.17) is 4.74 Å². The number of benzene rings is 4. The second kappa shape index (κ2) is 9.65. The molecule has 4 aromatic rings. The SMILES string of the molecule is CC1(C)CCc2cc(S(=O)(=O)N(CC(=O)O)Cc3ccc(-c4cccc5ccccc45)cc3)ccc2O1. The Bertz CT molecular complexity index is 1570. The fourth-order valence-electron chi connectivity index (χ4n) is 4.79. The van der Waals surface area contributed by atoms with Gasteiger partial charge in [0.1, 0.15) is 17.9 Å². The summed E-state index contributed by atoms with van der Waals surface area (Å²) in [5.74, 6) is -0.539. The van der Waals surface area contributed by atoms with Crippen LogP contribution in [0.25, 0.3) is 21.9 Å². The summed E-state index contributed by atoms with van der Waals surface area (Å²) in [6, 6.07) is 26.6. The number of fused-ring (bicyclic) bond motifs is 2. The van der Waals surface area contributed by atoms with E-state index in [1.807, 2.05) is 56.3 Å². The van der Waals surface area contributed by atoms with Crippen LogP contribution in [0.1, 0.15) is 31.4 Å².